The van der Waals surface area contributed by atoms with Crippen LogP contribution in [0.4, 0.5) is 0 Å². The molecule has 2 heteroatoms. The lowest BCUT2D eigenvalue weighted by molar-refractivity contribution is -0.0251. The summed E-state index contributed by atoms with van der Waals surface area (Å²) in [6.07, 6.45) is 13.2. The molecule has 0 unspecified atom stereocenters. The highest BCUT2D eigenvalue weighted by atomic mass is 15.5. The van der Waals surface area contributed by atoms with Crippen molar-refractivity contribution in [1.29, 1.82) is 0 Å². The van der Waals surface area contributed by atoms with E-state index >= 15 is 0 Å². The lowest BCUT2D eigenvalue weighted by Crippen LogP contribution is -2.55. The smallest absolute Gasteiger partial charge is 0.0529 e. The van der Waals surface area contributed by atoms with Gasteiger partial charge in [-0.05, 0) is 72.6 Å². The first-order valence-electron chi connectivity index (χ1n) is 8.29. The number of rotatable bonds is 1. The van der Waals surface area contributed by atoms with Crippen LogP contribution in [-0.4, -0.2) is 21.8 Å². The SMILES string of the molecule is CC1(C)CCCC(C)(C)N1N=C1CCCCCCC1. The average molecular weight is 264 g/mol. The highest BCUT2D eigenvalue weighted by Crippen LogP contribution is 2.38. The molecule has 1 saturated heterocycles. The molecule has 19 heavy (non-hydrogen) atoms. The summed E-state index contributed by atoms with van der Waals surface area (Å²) in [5, 5.41) is 7.60. The Labute approximate surface area is 119 Å². The zero-order chi connectivity index (χ0) is 13.9. The van der Waals surface area contributed by atoms with Crippen molar-refractivity contribution in [3.05, 3.63) is 0 Å². The predicted octanol–water partition coefficient (Wildman–Crippen LogP) is 5.13. The molecule has 0 radical (unpaired) electrons. The van der Waals surface area contributed by atoms with Crippen LogP contribution in [0.25, 0.3) is 0 Å². The Balaban J connectivity index is 2.16. The van der Waals surface area contributed by atoms with Gasteiger partial charge < -0.3 is 0 Å². The lowest BCUT2D eigenvalue weighted by atomic mass is 9.82. The maximum absolute atomic E-state index is 5.15. The maximum atomic E-state index is 5.15. The van der Waals surface area contributed by atoms with Crippen LogP contribution in [-0.2, 0) is 0 Å². The molecule has 0 N–H and O–H groups in total. The number of hydrogen-bond acceptors (Lipinski definition) is 2. The summed E-state index contributed by atoms with van der Waals surface area (Å²) in [6.45, 7) is 9.45. The molecule has 0 atom stereocenters. The Morgan fingerprint density at radius 3 is 1.74 bits per heavy atom. The first kappa shape index (κ1) is 14.9. The number of nitrogens with zero attached hydrogens (tertiary/aromatic N) is 2. The van der Waals surface area contributed by atoms with E-state index in [-0.39, 0.29) is 11.1 Å². The van der Waals surface area contributed by atoms with E-state index in [1.165, 1.54) is 69.9 Å². The second-order valence-corrected chi connectivity index (χ2v) is 7.72. The minimum atomic E-state index is 0.219. The van der Waals surface area contributed by atoms with Gasteiger partial charge in [-0.1, -0.05) is 19.3 Å². The van der Waals surface area contributed by atoms with E-state index in [2.05, 4.69) is 32.7 Å². The third-order valence-electron chi connectivity index (χ3n) is 4.90. The molecule has 0 aromatic rings. The molecule has 2 aliphatic rings. The van der Waals surface area contributed by atoms with Crippen LogP contribution in [0.2, 0.25) is 0 Å². The van der Waals surface area contributed by atoms with Gasteiger partial charge in [0, 0.05) is 5.71 Å². The normalized spacial score (nSPS) is 27.6. The zero-order valence-corrected chi connectivity index (χ0v) is 13.5. The van der Waals surface area contributed by atoms with Gasteiger partial charge in [0.05, 0.1) is 11.1 Å². The van der Waals surface area contributed by atoms with Crippen LogP contribution in [0.3, 0.4) is 0 Å². The monoisotopic (exact) mass is 264 g/mol. The molecule has 1 saturated carbocycles. The van der Waals surface area contributed by atoms with Gasteiger partial charge >= 0.3 is 0 Å². The van der Waals surface area contributed by atoms with E-state index in [0.29, 0.717) is 0 Å². The summed E-state index contributed by atoms with van der Waals surface area (Å²) >= 11 is 0. The molecule has 0 aromatic carbocycles. The summed E-state index contributed by atoms with van der Waals surface area (Å²) in [5.74, 6) is 0. The van der Waals surface area contributed by atoms with Crippen LogP contribution < -0.4 is 0 Å². The van der Waals surface area contributed by atoms with E-state index in [9.17, 15) is 0 Å². The highest BCUT2D eigenvalue weighted by Gasteiger charge is 2.40. The van der Waals surface area contributed by atoms with Crippen molar-refractivity contribution in [2.75, 3.05) is 0 Å². The molecule has 0 amide bonds. The van der Waals surface area contributed by atoms with E-state index < -0.39 is 0 Å². The molecule has 0 spiro atoms. The van der Waals surface area contributed by atoms with E-state index in [1.54, 1.807) is 0 Å². The third-order valence-corrected chi connectivity index (χ3v) is 4.90. The Hall–Kier alpha value is -0.530. The van der Waals surface area contributed by atoms with Crippen molar-refractivity contribution in [3.8, 4) is 0 Å². The van der Waals surface area contributed by atoms with Gasteiger partial charge in [-0.3, -0.25) is 5.01 Å². The number of hydrazone groups is 1. The molecule has 110 valence electrons. The maximum Gasteiger partial charge on any atom is 0.0529 e. The molecule has 1 aliphatic carbocycles. The zero-order valence-electron chi connectivity index (χ0n) is 13.5. The third kappa shape index (κ3) is 3.73. The quantitative estimate of drug-likeness (QED) is 0.641. The van der Waals surface area contributed by atoms with E-state index in [1.807, 2.05) is 0 Å². The Bertz CT molecular complexity index is 302. The van der Waals surface area contributed by atoms with Crippen molar-refractivity contribution in [3.63, 3.8) is 0 Å². The molecular formula is C17H32N2. The Morgan fingerprint density at radius 2 is 1.21 bits per heavy atom. The summed E-state index contributed by atoms with van der Waals surface area (Å²) in [6, 6.07) is 0. The van der Waals surface area contributed by atoms with Crippen LogP contribution in [0.5, 0.6) is 0 Å². The van der Waals surface area contributed by atoms with Crippen molar-refractivity contribution >= 4 is 5.71 Å². The van der Waals surface area contributed by atoms with Gasteiger partial charge in [-0.15, -0.1) is 0 Å². The topological polar surface area (TPSA) is 15.6 Å². The fourth-order valence-corrected chi connectivity index (χ4v) is 3.81. The second kappa shape index (κ2) is 5.85. The van der Waals surface area contributed by atoms with Crippen LogP contribution >= 0.6 is 0 Å². The fourth-order valence-electron chi connectivity index (χ4n) is 3.81. The van der Waals surface area contributed by atoms with Gasteiger partial charge in [-0.2, -0.15) is 5.10 Å². The van der Waals surface area contributed by atoms with Crippen LogP contribution in [0.1, 0.15) is 91.9 Å². The van der Waals surface area contributed by atoms with Crippen molar-refractivity contribution < 1.29 is 0 Å². The van der Waals surface area contributed by atoms with Crippen molar-refractivity contribution in [1.82, 2.24) is 5.01 Å². The molecule has 2 nitrogen and oxygen atoms in total. The molecule has 0 aromatic heterocycles. The highest BCUT2D eigenvalue weighted by molar-refractivity contribution is 5.84. The standard InChI is InChI=1S/C17H32N2/c1-16(2)13-10-14-17(3,4)19(16)18-15-11-8-6-5-7-9-12-15/h5-14H2,1-4H3. The van der Waals surface area contributed by atoms with Gasteiger partial charge in [0.25, 0.3) is 0 Å². The average Bonchev–Trinajstić information content (AvgIpc) is 2.24. The molecule has 2 fully saturated rings. The summed E-state index contributed by atoms with van der Waals surface area (Å²) in [5.41, 5.74) is 1.90. The summed E-state index contributed by atoms with van der Waals surface area (Å²) in [7, 11) is 0. The number of piperidine rings is 1. The molecule has 2 rings (SSSR count). The van der Waals surface area contributed by atoms with Gasteiger partial charge in [0.2, 0.25) is 0 Å². The molecular weight excluding hydrogens is 232 g/mol. The van der Waals surface area contributed by atoms with Crippen LogP contribution in [0, 0.1) is 0 Å². The molecule has 0 bridgehead atoms. The van der Waals surface area contributed by atoms with Crippen molar-refractivity contribution in [2.45, 2.75) is 103 Å². The summed E-state index contributed by atoms with van der Waals surface area (Å²) in [4.78, 5) is 0. The van der Waals surface area contributed by atoms with Gasteiger partial charge in [-0.25, -0.2) is 0 Å². The fraction of sp³-hybridized carbons (Fsp3) is 0.941. The minimum absolute atomic E-state index is 0.219. The van der Waals surface area contributed by atoms with Crippen LogP contribution in [0.15, 0.2) is 5.10 Å². The Kier molecular flexibility index (Phi) is 4.58. The second-order valence-electron chi connectivity index (χ2n) is 7.72. The molecule has 1 aliphatic heterocycles. The summed E-state index contributed by atoms with van der Waals surface area (Å²) < 4.78 is 0. The minimum Gasteiger partial charge on any atom is -0.286 e. The largest absolute Gasteiger partial charge is 0.286 e. The Morgan fingerprint density at radius 1 is 0.737 bits per heavy atom. The predicted molar refractivity (Wildman–Crippen MR) is 83.6 cm³/mol. The first-order chi connectivity index (χ1) is 8.92. The lowest BCUT2D eigenvalue weighted by Gasteiger charge is -2.51. The van der Waals surface area contributed by atoms with Gasteiger partial charge in [0.15, 0.2) is 0 Å². The van der Waals surface area contributed by atoms with E-state index in [0.717, 1.165) is 0 Å². The van der Waals surface area contributed by atoms with Gasteiger partial charge in [0.1, 0.15) is 0 Å². The molecule has 1 heterocycles. The first-order valence-corrected chi connectivity index (χ1v) is 8.29. The van der Waals surface area contributed by atoms with E-state index in [4.69, 9.17) is 5.10 Å². The van der Waals surface area contributed by atoms with Crippen molar-refractivity contribution in [2.24, 2.45) is 5.10 Å². The number of hydrogen-bond donors (Lipinski definition) is 0.